The molecular formula is C28H38N2O5. The number of para-hydroxylation sites is 1. The molecule has 3 unspecified atom stereocenters. The fourth-order valence-corrected chi connectivity index (χ4v) is 4.44. The molecule has 0 amide bonds. The van der Waals surface area contributed by atoms with Crippen molar-refractivity contribution < 1.29 is 24.6 Å². The third kappa shape index (κ3) is 7.13. The molecule has 0 aliphatic carbocycles. The zero-order chi connectivity index (χ0) is 25.8. The quantitative estimate of drug-likeness (QED) is 0.467. The molecule has 7 nitrogen and oxygen atoms in total. The summed E-state index contributed by atoms with van der Waals surface area (Å²) in [5.74, 6) is -0.268. The Labute approximate surface area is 208 Å². The molecule has 3 atom stereocenters. The molecule has 0 aromatic heterocycles. The Kier molecular flexibility index (Phi) is 8.70. The van der Waals surface area contributed by atoms with Crippen molar-refractivity contribution in [3.05, 3.63) is 65.2 Å². The number of ether oxygens (including phenoxy) is 1. The van der Waals surface area contributed by atoms with E-state index in [1.165, 1.54) is 0 Å². The van der Waals surface area contributed by atoms with E-state index in [2.05, 4.69) is 19.2 Å². The lowest BCUT2D eigenvalue weighted by molar-refractivity contribution is -0.158. The van der Waals surface area contributed by atoms with Gasteiger partial charge in [-0.3, -0.25) is 14.8 Å². The standard InChI is InChI=1S/C28H38N2O5/c1-18(2)14-22(27(33)35-28(3,4)5)29-17-21-12-7-6-10-19(21)15-24(31)26-25(32)16-20-11-8-9-13-23(20)30(26)34/h6-13,18,22,25-26,29,32,34H,14-17H2,1-5H3. The molecule has 1 aliphatic rings. The second-order valence-electron chi connectivity index (χ2n) is 10.7. The minimum atomic E-state index is -1.04. The van der Waals surface area contributed by atoms with Crippen LogP contribution in [-0.4, -0.2) is 45.9 Å². The second-order valence-corrected chi connectivity index (χ2v) is 10.7. The number of hydroxylamine groups is 1. The Morgan fingerprint density at radius 1 is 1.09 bits per heavy atom. The predicted octanol–water partition coefficient (Wildman–Crippen LogP) is 3.83. The Balaban J connectivity index is 1.73. The minimum absolute atomic E-state index is 0.0556. The first-order valence-electron chi connectivity index (χ1n) is 12.3. The maximum atomic E-state index is 13.2. The Morgan fingerprint density at radius 3 is 2.37 bits per heavy atom. The van der Waals surface area contributed by atoms with Gasteiger partial charge in [0, 0.05) is 19.4 Å². The van der Waals surface area contributed by atoms with Gasteiger partial charge in [0.15, 0.2) is 5.78 Å². The lowest BCUT2D eigenvalue weighted by Crippen LogP contribution is -2.52. The fraction of sp³-hybridized carbons (Fsp3) is 0.500. The van der Waals surface area contributed by atoms with Crippen LogP contribution >= 0.6 is 0 Å². The van der Waals surface area contributed by atoms with E-state index in [1.807, 2.05) is 57.2 Å². The maximum Gasteiger partial charge on any atom is 0.323 e. The number of fused-ring (bicyclic) bond motifs is 1. The van der Waals surface area contributed by atoms with E-state index in [0.29, 0.717) is 31.0 Å². The maximum absolute atomic E-state index is 13.2. The van der Waals surface area contributed by atoms with Crippen molar-refractivity contribution >= 4 is 17.4 Å². The molecule has 1 aliphatic heterocycles. The number of ketones is 1. The van der Waals surface area contributed by atoms with Gasteiger partial charge in [0.25, 0.3) is 0 Å². The molecular weight excluding hydrogens is 444 g/mol. The number of anilines is 1. The van der Waals surface area contributed by atoms with Crippen molar-refractivity contribution in [2.75, 3.05) is 5.06 Å². The summed E-state index contributed by atoms with van der Waals surface area (Å²) in [7, 11) is 0. The Hall–Kier alpha value is -2.74. The summed E-state index contributed by atoms with van der Waals surface area (Å²) in [4.78, 5) is 26.0. The van der Waals surface area contributed by atoms with Crippen molar-refractivity contribution in [1.29, 1.82) is 0 Å². The topological polar surface area (TPSA) is 99.1 Å². The van der Waals surface area contributed by atoms with Gasteiger partial charge in [0.1, 0.15) is 17.7 Å². The molecule has 1 heterocycles. The molecule has 7 heteroatoms. The van der Waals surface area contributed by atoms with Crippen LogP contribution in [0.25, 0.3) is 0 Å². The van der Waals surface area contributed by atoms with Crippen LogP contribution in [0.5, 0.6) is 0 Å². The molecule has 0 radical (unpaired) electrons. The molecule has 2 aromatic rings. The lowest BCUT2D eigenvalue weighted by Gasteiger charge is -2.36. The van der Waals surface area contributed by atoms with Crippen molar-refractivity contribution in [2.24, 2.45) is 5.92 Å². The molecule has 0 fully saturated rings. The molecule has 3 N–H and O–H groups in total. The number of rotatable bonds is 9. The molecule has 35 heavy (non-hydrogen) atoms. The highest BCUT2D eigenvalue weighted by molar-refractivity contribution is 5.90. The largest absolute Gasteiger partial charge is 0.459 e. The zero-order valence-corrected chi connectivity index (χ0v) is 21.3. The van der Waals surface area contributed by atoms with E-state index < -0.39 is 23.8 Å². The minimum Gasteiger partial charge on any atom is -0.459 e. The highest BCUT2D eigenvalue weighted by Gasteiger charge is 2.37. The number of carbonyl (C=O) groups is 2. The van der Waals surface area contributed by atoms with Crippen LogP contribution < -0.4 is 10.4 Å². The molecule has 0 saturated carbocycles. The highest BCUT2D eigenvalue weighted by Crippen LogP contribution is 2.30. The SMILES string of the molecule is CC(C)CC(NCc1ccccc1CC(=O)C1C(O)Cc2ccccc2N1O)C(=O)OC(C)(C)C. The van der Waals surface area contributed by atoms with Gasteiger partial charge in [-0.1, -0.05) is 56.3 Å². The third-order valence-electron chi connectivity index (χ3n) is 6.05. The summed E-state index contributed by atoms with van der Waals surface area (Å²) in [5, 5.41) is 25.6. The van der Waals surface area contributed by atoms with Gasteiger partial charge in [-0.25, -0.2) is 5.06 Å². The van der Waals surface area contributed by atoms with E-state index >= 15 is 0 Å². The first kappa shape index (κ1) is 26.9. The van der Waals surface area contributed by atoms with Crippen molar-refractivity contribution in [3.8, 4) is 0 Å². The van der Waals surface area contributed by atoms with Crippen LogP contribution in [0.2, 0.25) is 0 Å². The monoisotopic (exact) mass is 482 g/mol. The summed E-state index contributed by atoms with van der Waals surface area (Å²) in [6.07, 6.45) is -0.0154. The number of esters is 1. The molecule has 3 rings (SSSR count). The summed E-state index contributed by atoms with van der Waals surface area (Å²) in [6, 6.07) is 13.2. The van der Waals surface area contributed by atoms with E-state index in [1.54, 1.807) is 12.1 Å². The van der Waals surface area contributed by atoms with Crippen molar-refractivity contribution in [2.45, 2.75) is 84.2 Å². The van der Waals surface area contributed by atoms with Crippen molar-refractivity contribution in [1.82, 2.24) is 5.32 Å². The second kappa shape index (κ2) is 11.3. The summed E-state index contributed by atoms with van der Waals surface area (Å²) in [5.41, 5.74) is 2.44. The number of hydrogen-bond acceptors (Lipinski definition) is 7. The summed E-state index contributed by atoms with van der Waals surface area (Å²) in [6.45, 7) is 10.0. The number of nitrogens with zero attached hydrogens (tertiary/aromatic N) is 1. The molecule has 0 bridgehead atoms. The third-order valence-corrected chi connectivity index (χ3v) is 6.05. The number of aliphatic hydroxyl groups is 1. The van der Waals surface area contributed by atoms with Crippen LogP contribution in [0.15, 0.2) is 48.5 Å². The average molecular weight is 483 g/mol. The van der Waals surface area contributed by atoms with Gasteiger partial charge in [-0.05, 0) is 55.9 Å². The first-order valence-corrected chi connectivity index (χ1v) is 12.3. The normalized spacial score (nSPS) is 18.8. The number of carbonyl (C=O) groups excluding carboxylic acids is 2. The van der Waals surface area contributed by atoms with Crippen LogP contribution in [0, 0.1) is 5.92 Å². The molecule has 0 spiro atoms. The predicted molar refractivity (Wildman–Crippen MR) is 135 cm³/mol. The van der Waals surface area contributed by atoms with E-state index in [0.717, 1.165) is 21.8 Å². The lowest BCUT2D eigenvalue weighted by atomic mass is 9.89. The Bertz CT molecular complexity index is 1030. The summed E-state index contributed by atoms with van der Waals surface area (Å²) >= 11 is 0. The van der Waals surface area contributed by atoms with Crippen LogP contribution in [0.1, 0.15) is 57.7 Å². The average Bonchev–Trinajstić information content (AvgIpc) is 2.76. The summed E-state index contributed by atoms with van der Waals surface area (Å²) < 4.78 is 5.60. The number of aliphatic hydroxyl groups excluding tert-OH is 1. The van der Waals surface area contributed by atoms with E-state index in [4.69, 9.17) is 4.74 Å². The van der Waals surface area contributed by atoms with Gasteiger partial charge >= 0.3 is 5.97 Å². The number of nitrogens with one attached hydrogen (secondary N) is 1. The van der Waals surface area contributed by atoms with Crippen molar-refractivity contribution in [3.63, 3.8) is 0 Å². The fourth-order valence-electron chi connectivity index (χ4n) is 4.44. The zero-order valence-electron chi connectivity index (χ0n) is 21.3. The number of Topliss-reactive ketones (excluding diaryl/α,β-unsaturated/α-hetero) is 1. The van der Waals surface area contributed by atoms with E-state index in [9.17, 15) is 19.9 Å². The van der Waals surface area contributed by atoms with Gasteiger partial charge in [0.2, 0.25) is 0 Å². The smallest absolute Gasteiger partial charge is 0.323 e. The first-order chi connectivity index (χ1) is 16.5. The van der Waals surface area contributed by atoms with Gasteiger partial charge in [-0.2, -0.15) is 0 Å². The molecule has 190 valence electrons. The highest BCUT2D eigenvalue weighted by atomic mass is 16.6. The van der Waals surface area contributed by atoms with Crippen LogP contribution in [-0.2, 0) is 33.7 Å². The number of hydrogen-bond donors (Lipinski definition) is 3. The Morgan fingerprint density at radius 2 is 1.71 bits per heavy atom. The van der Waals surface area contributed by atoms with E-state index in [-0.39, 0.29) is 18.2 Å². The van der Waals surface area contributed by atoms with Gasteiger partial charge in [0.05, 0.1) is 11.8 Å². The van der Waals surface area contributed by atoms with Crippen LogP contribution in [0.4, 0.5) is 5.69 Å². The molecule has 2 aromatic carbocycles. The van der Waals surface area contributed by atoms with Crippen LogP contribution in [0.3, 0.4) is 0 Å². The van der Waals surface area contributed by atoms with Gasteiger partial charge < -0.3 is 15.2 Å². The van der Waals surface area contributed by atoms with Gasteiger partial charge in [-0.15, -0.1) is 0 Å². The number of benzene rings is 2. The molecule has 0 saturated heterocycles.